The average Bonchev–Trinajstić information content (AvgIpc) is 3.19. The lowest BCUT2D eigenvalue weighted by Gasteiger charge is -2.33. The molecule has 2 aliphatic heterocycles. The summed E-state index contributed by atoms with van der Waals surface area (Å²) >= 11 is 0. The summed E-state index contributed by atoms with van der Waals surface area (Å²) in [5.41, 5.74) is 22.1. The van der Waals surface area contributed by atoms with Gasteiger partial charge in [0, 0.05) is 82.7 Å². The smallest absolute Gasteiger partial charge is 0.244 e. The molecule has 0 spiro atoms. The Bertz CT molecular complexity index is 2150. The molecule has 0 bridgehead atoms. The molecule has 55 heavy (non-hydrogen) atoms. The van der Waals surface area contributed by atoms with E-state index in [2.05, 4.69) is 74.6 Å². The fourth-order valence-electron chi connectivity index (χ4n) is 6.61. The maximum absolute atomic E-state index is 12.5. The van der Waals surface area contributed by atoms with Crippen molar-refractivity contribution in [2.45, 2.75) is 39.5 Å². The first-order valence-corrected chi connectivity index (χ1v) is 18.2. The van der Waals surface area contributed by atoms with Crippen LogP contribution in [-0.2, 0) is 9.59 Å². The van der Waals surface area contributed by atoms with E-state index in [1.54, 1.807) is 50.6 Å². The van der Waals surface area contributed by atoms with Gasteiger partial charge < -0.3 is 31.5 Å². The quantitative estimate of drug-likeness (QED) is 0.136. The Hall–Kier alpha value is -6.68. The zero-order valence-electron chi connectivity index (χ0n) is 31.8. The normalized spacial score (nSPS) is 14.6. The van der Waals surface area contributed by atoms with Crippen LogP contribution in [0.5, 0.6) is 0 Å². The van der Waals surface area contributed by atoms with Gasteiger partial charge in [0.05, 0.1) is 22.5 Å². The van der Waals surface area contributed by atoms with Gasteiger partial charge in [0.1, 0.15) is 23.3 Å². The van der Waals surface area contributed by atoms with E-state index >= 15 is 0 Å². The van der Waals surface area contributed by atoms with Gasteiger partial charge in [0.15, 0.2) is 0 Å². The van der Waals surface area contributed by atoms with Gasteiger partial charge in [-0.15, -0.1) is 0 Å². The van der Waals surface area contributed by atoms with Crippen LogP contribution in [0.25, 0.3) is 0 Å². The number of amides is 2. The highest BCUT2D eigenvalue weighted by Crippen LogP contribution is 2.29. The monoisotopic (exact) mass is 742 g/mol. The highest BCUT2D eigenvalue weighted by molar-refractivity contribution is 5.79. The van der Waals surface area contributed by atoms with E-state index in [-0.39, 0.29) is 29.6 Å². The minimum absolute atomic E-state index is 0.0110. The number of hydrazine groups is 1. The molecule has 2 aliphatic rings. The van der Waals surface area contributed by atoms with Gasteiger partial charge in [-0.2, -0.15) is 9.97 Å². The van der Waals surface area contributed by atoms with Crippen molar-refractivity contribution in [3.63, 3.8) is 0 Å². The number of carbonyl (C=O) groups is 2. The van der Waals surface area contributed by atoms with Gasteiger partial charge in [0.2, 0.25) is 23.7 Å². The predicted molar refractivity (Wildman–Crippen MR) is 213 cm³/mol. The van der Waals surface area contributed by atoms with Crippen LogP contribution in [0.1, 0.15) is 59.3 Å². The van der Waals surface area contributed by atoms with Gasteiger partial charge in [-0.1, -0.05) is 23.7 Å². The molecule has 7 N–H and O–H groups in total. The van der Waals surface area contributed by atoms with E-state index in [9.17, 15) is 9.59 Å². The molecule has 0 atom stereocenters. The molecule has 0 aromatic carbocycles. The fourth-order valence-corrected chi connectivity index (χ4v) is 6.61. The Kier molecular flexibility index (Phi) is 11.8. The zero-order valence-corrected chi connectivity index (χ0v) is 31.8. The molecule has 0 unspecified atom stereocenters. The van der Waals surface area contributed by atoms with Crippen LogP contribution in [0, 0.1) is 49.4 Å². The summed E-state index contributed by atoms with van der Waals surface area (Å²) in [5, 5.41) is 2.76. The molecular formula is C39H46N14O2. The lowest BCUT2D eigenvalue weighted by molar-refractivity contribution is -0.133. The number of anilines is 6. The fraction of sp³-hybridized carbons (Fsp3) is 0.385. The first kappa shape index (κ1) is 38.1. The number of hydrogen-bond donors (Lipinski definition) is 5. The molecule has 2 fully saturated rings. The highest BCUT2D eigenvalue weighted by Gasteiger charge is 2.29. The molecule has 4 aromatic rings. The average molecular weight is 743 g/mol. The molecule has 16 nitrogen and oxygen atoms in total. The summed E-state index contributed by atoms with van der Waals surface area (Å²) in [6.07, 6.45) is 6.14. The minimum Gasteiger partial charge on any atom is -0.384 e. The number of carbonyl (C=O) groups excluding carboxylic acids is 2. The zero-order chi connectivity index (χ0) is 39.1. The summed E-state index contributed by atoms with van der Waals surface area (Å²) in [7, 11) is 5.24. The first-order chi connectivity index (χ1) is 26.5. The third-order valence-corrected chi connectivity index (χ3v) is 9.67. The minimum atomic E-state index is -0.0487. The maximum atomic E-state index is 12.5. The molecule has 2 amide bonds. The molecule has 0 radical (unpaired) electrons. The standard InChI is InChI=1S/C39H46N14O2/c1-24-30(34(47-38(41)45-24)52-20-16-29(17-21-52)37(55)51(4)5)10-7-27-9-13-33(44-23-27)49-50-39-46-25(2)31(11-6-26-8-12-32(40)43-22-26)35(48-39)53-18-14-28(15-19-53)36(54)42-3/h8-9,12-13,22-23,28-29H,14-21H2,1-5H3,(H2,40,43)(H,42,54)(H,44,49)(H2,41,45,47)(H,46,48,50). The van der Waals surface area contributed by atoms with Gasteiger partial charge in [0.25, 0.3) is 0 Å². The lowest BCUT2D eigenvalue weighted by atomic mass is 9.95. The van der Waals surface area contributed by atoms with Crippen molar-refractivity contribution in [3.05, 3.63) is 70.3 Å². The summed E-state index contributed by atoms with van der Waals surface area (Å²) < 4.78 is 0. The van der Waals surface area contributed by atoms with Crippen molar-refractivity contribution in [2.75, 3.05) is 79.4 Å². The Labute approximate surface area is 320 Å². The molecule has 16 heteroatoms. The van der Waals surface area contributed by atoms with Crippen molar-refractivity contribution in [3.8, 4) is 23.7 Å². The van der Waals surface area contributed by atoms with Crippen LogP contribution in [0.3, 0.4) is 0 Å². The van der Waals surface area contributed by atoms with Crippen LogP contribution in [-0.4, -0.2) is 93.9 Å². The Balaban J connectivity index is 1.17. The number of piperidine rings is 2. The highest BCUT2D eigenvalue weighted by atomic mass is 16.2. The number of hydrogen-bond acceptors (Lipinski definition) is 14. The second-order valence-electron chi connectivity index (χ2n) is 13.7. The lowest BCUT2D eigenvalue weighted by Crippen LogP contribution is -2.40. The third-order valence-electron chi connectivity index (χ3n) is 9.67. The number of aromatic nitrogens is 6. The Morgan fingerprint density at radius 2 is 1.29 bits per heavy atom. The van der Waals surface area contributed by atoms with E-state index in [0.717, 1.165) is 12.8 Å². The van der Waals surface area contributed by atoms with E-state index in [4.69, 9.17) is 16.5 Å². The number of pyridine rings is 2. The number of nitrogen functional groups attached to an aromatic ring is 2. The topological polar surface area (TPSA) is 209 Å². The largest absolute Gasteiger partial charge is 0.384 e. The molecule has 284 valence electrons. The summed E-state index contributed by atoms with van der Waals surface area (Å²) in [4.78, 5) is 57.9. The van der Waals surface area contributed by atoms with Crippen molar-refractivity contribution < 1.29 is 9.59 Å². The van der Waals surface area contributed by atoms with Crippen LogP contribution in [0.2, 0.25) is 0 Å². The SMILES string of the molecule is CNC(=O)C1CCN(c2nc(NNc3ccc(C#Cc4c(C)nc(N)nc4N4CCC(C(=O)N(C)C)CC4)cn3)nc(C)c2C#Cc2ccc(N)nc2)CC1. The van der Waals surface area contributed by atoms with Gasteiger partial charge in [-0.05, 0) is 63.8 Å². The molecule has 2 saturated heterocycles. The number of nitrogens with two attached hydrogens (primary N) is 2. The van der Waals surface area contributed by atoms with Crippen LogP contribution in [0.15, 0.2) is 36.7 Å². The summed E-state index contributed by atoms with van der Waals surface area (Å²) in [6, 6.07) is 7.18. The molecule has 4 aromatic heterocycles. The molecule has 6 heterocycles. The molecule has 0 aliphatic carbocycles. The van der Waals surface area contributed by atoms with Gasteiger partial charge in [-0.3, -0.25) is 20.4 Å². The molecule has 0 saturated carbocycles. The third kappa shape index (κ3) is 9.28. The van der Waals surface area contributed by atoms with Crippen LogP contribution < -0.4 is 37.4 Å². The first-order valence-electron chi connectivity index (χ1n) is 18.2. The number of nitrogens with one attached hydrogen (secondary N) is 3. The summed E-state index contributed by atoms with van der Waals surface area (Å²) in [6.45, 7) is 6.37. The van der Waals surface area contributed by atoms with Crippen LogP contribution >= 0.6 is 0 Å². The van der Waals surface area contributed by atoms with Crippen molar-refractivity contribution in [2.24, 2.45) is 11.8 Å². The Morgan fingerprint density at radius 1 is 0.727 bits per heavy atom. The van der Waals surface area contributed by atoms with E-state index < -0.39 is 0 Å². The van der Waals surface area contributed by atoms with E-state index in [1.807, 2.05) is 26.0 Å². The van der Waals surface area contributed by atoms with E-state index in [0.29, 0.717) is 102 Å². The number of aryl methyl sites for hydroxylation is 2. The van der Waals surface area contributed by atoms with Gasteiger partial charge in [-0.25, -0.2) is 19.9 Å². The van der Waals surface area contributed by atoms with Crippen molar-refractivity contribution in [1.29, 1.82) is 0 Å². The van der Waals surface area contributed by atoms with Crippen molar-refractivity contribution >= 4 is 47.0 Å². The second-order valence-corrected chi connectivity index (χ2v) is 13.7. The predicted octanol–water partition coefficient (Wildman–Crippen LogP) is 2.34. The molecular weight excluding hydrogens is 697 g/mol. The summed E-state index contributed by atoms with van der Waals surface area (Å²) in [5.74, 6) is 15.8. The molecule has 6 rings (SSSR count). The number of rotatable bonds is 7. The van der Waals surface area contributed by atoms with Crippen LogP contribution in [0.4, 0.5) is 35.2 Å². The number of nitrogens with zero attached hydrogens (tertiary/aromatic N) is 9. The van der Waals surface area contributed by atoms with E-state index in [1.165, 1.54) is 0 Å². The van der Waals surface area contributed by atoms with Crippen molar-refractivity contribution in [1.82, 2.24) is 40.1 Å². The Morgan fingerprint density at radius 3 is 1.84 bits per heavy atom. The second kappa shape index (κ2) is 17.0. The van der Waals surface area contributed by atoms with Gasteiger partial charge >= 0.3 is 0 Å². The maximum Gasteiger partial charge on any atom is 0.244 e.